The molecule has 1 aliphatic heterocycles. The number of fused-ring (bicyclic) bond motifs is 1. The summed E-state index contributed by atoms with van der Waals surface area (Å²) in [5.41, 5.74) is 0.980. The molecule has 0 amide bonds. The number of β-amino-alcohol motifs (C(OH)–C–C–N with tert-alkyl or cyclic N) is 1. The van der Waals surface area contributed by atoms with Crippen molar-refractivity contribution in [2.45, 2.75) is 12.5 Å². The molecule has 3 aromatic rings. The summed E-state index contributed by atoms with van der Waals surface area (Å²) in [5.74, 6) is 0.888. The van der Waals surface area contributed by atoms with E-state index in [2.05, 4.69) is 37.5 Å². The first-order chi connectivity index (χ1) is 10.1. The van der Waals surface area contributed by atoms with E-state index < -0.39 is 5.60 Å². The summed E-state index contributed by atoms with van der Waals surface area (Å²) in [5, 5.41) is 21.6. The molecular formula is C13H14N6OS. The number of thiophene rings is 1. The molecule has 0 aliphatic carbocycles. The Bertz CT molecular complexity index is 819. The largest absolute Gasteiger partial charge is 0.380 e. The quantitative estimate of drug-likeness (QED) is 0.755. The monoisotopic (exact) mass is 302 g/mol. The zero-order valence-electron chi connectivity index (χ0n) is 11.7. The fourth-order valence-corrected chi connectivity index (χ4v) is 3.73. The van der Waals surface area contributed by atoms with Crippen LogP contribution in [-0.4, -0.2) is 43.2 Å². The average molecular weight is 302 g/mol. The van der Waals surface area contributed by atoms with Crippen LogP contribution in [0.2, 0.25) is 0 Å². The molecule has 4 heterocycles. The third kappa shape index (κ3) is 1.76. The van der Waals surface area contributed by atoms with Crippen molar-refractivity contribution < 1.29 is 5.11 Å². The summed E-state index contributed by atoms with van der Waals surface area (Å²) < 4.78 is 1.61. The first kappa shape index (κ1) is 12.7. The topological polar surface area (TPSA) is 80.0 Å². The van der Waals surface area contributed by atoms with Gasteiger partial charge in [0.25, 0.3) is 0 Å². The Morgan fingerprint density at radius 1 is 1.33 bits per heavy atom. The first-order valence-corrected chi connectivity index (χ1v) is 7.48. The molecule has 0 spiro atoms. The molecule has 0 unspecified atom stereocenters. The molecule has 1 aliphatic rings. The van der Waals surface area contributed by atoms with E-state index in [4.69, 9.17) is 0 Å². The van der Waals surface area contributed by atoms with E-state index >= 15 is 0 Å². The average Bonchev–Trinajstić information content (AvgIpc) is 3.02. The molecule has 0 atom stereocenters. The lowest BCUT2D eigenvalue weighted by Crippen LogP contribution is -2.60. The maximum absolute atomic E-state index is 10.7. The second-order valence-electron chi connectivity index (χ2n) is 5.43. The molecule has 0 saturated carbocycles. The maximum Gasteiger partial charge on any atom is 0.142 e. The molecule has 1 fully saturated rings. The molecule has 0 aromatic carbocycles. The van der Waals surface area contributed by atoms with Crippen LogP contribution in [0.5, 0.6) is 0 Å². The Balaban J connectivity index is 1.68. The lowest BCUT2D eigenvalue weighted by Gasteiger charge is -2.46. The lowest BCUT2D eigenvalue weighted by molar-refractivity contribution is -0.000329. The van der Waals surface area contributed by atoms with Crippen molar-refractivity contribution in [3.05, 3.63) is 29.2 Å². The van der Waals surface area contributed by atoms with Gasteiger partial charge in [0.1, 0.15) is 22.6 Å². The maximum atomic E-state index is 10.7. The molecule has 3 aromatic heterocycles. The van der Waals surface area contributed by atoms with Crippen LogP contribution in [0.15, 0.2) is 17.9 Å². The van der Waals surface area contributed by atoms with E-state index in [1.807, 2.05) is 0 Å². The van der Waals surface area contributed by atoms with Gasteiger partial charge in [-0.15, -0.1) is 16.4 Å². The van der Waals surface area contributed by atoms with E-state index in [-0.39, 0.29) is 0 Å². The molecule has 1 saturated heterocycles. The van der Waals surface area contributed by atoms with Crippen molar-refractivity contribution in [3.8, 4) is 0 Å². The highest BCUT2D eigenvalue weighted by Gasteiger charge is 2.46. The van der Waals surface area contributed by atoms with Crippen LogP contribution >= 0.6 is 11.3 Å². The molecule has 108 valence electrons. The molecular weight excluding hydrogens is 288 g/mol. The van der Waals surface area contributed by atoms with Crippen molar-refractivity contribution in [1.82, 2.24) is 25.0 Å². The zero-order valence-corrected chi connectivity index (χ0v) is 12.5. The van der Waals surface area contributed by atoms with Crippen LogP contribution in [0, 0.1) is 6.92 Å². The summed E-state index contributed by atoms with van der Waals surface area (Å²) in [6, 6.07) is 0. The van der Waals surface area contributed by atoms with Crippen LogP contribution in [0.1, 0.15) is 11.3 Å². The predicted octanol–water partition coefficient (Wildman–Crippen LogP) is 0.836. The van der Waals surface area contributed by atoms with E-state index in [0.717, 1.165) is 21.7 Å². The van der Waals surface area contributed by atoms with Gasteiger partial charge in [0, 0.05) is 7.05 Å². The molecule has 8 heteroatoms. The SMILES string of the molecule is Cc1csc2ncnc(N3CC(O)(c4cnnn4C)C3)c12. The minimum atomic E-state index is -0.917. The van der Waals surface area contributed by atoms with Crippen molar-refractivity contribution in [1.29, 1.82) is 0 Å². The Kier molecular flexibility index (Phi) is 2.54. The van der Waals surface area contributed by atoms with Gasteiger partial charge in [0.05, 0.1) is 30.4 Å². The van der Waals surface area contributed by atoms with Crippen LogP contribution in [0.25, 0.3) is 10.2 Å². The van der Waals surface area contributed by atoms with Gasteiger partial charge in [-0.3, -0.25) is 0 Å². The van der Waals surface area contributed by atoms with Gasteiger partial charge in [0.2, 0.25) is 0 Å². The van der Waals surface area contributed by atoms with Crippen molar-refractivity contribution in [3.63, 3.8) is 0 Å². The van der Waals surface area contributed by atoms with E-state index in [1.165, 1.54) is 5.56 Å². The second kappa shape index (κ2) is 4.22. The number of nitrogens with zero attached hydrogens (tertiary/aromatic N) is 6. The van der Waals surface area contributed by atoms with E-state index in [0.29, 0.717) is 13.1 Å². The lowest BCUT2D eigenvalue weighted by atomic mass is 9.90. The highest BCUT2D eigenvalue weighted by molar-refractivity contribution is 7.17. The zero-order chi connectivity index (χ0) is 14.6. The Labute approximate surface area is 124 Å². The van der Waals surface area contributed by atoms with Crippen LogP contribution in [0.3, 0.4) is 0 Å². The van der Waals surface area contributed by atoms with Gasteiger partial charge in [-0.05, 0) is 17.9 Å². The number of aromatic nitrogens is 5. The third-order valence-electron chi connectivity index (χ3n) is 3.93. The van der Waals surface area contributed by atoms with Crippen LogP contribution in [0.4, 0.5) is 5.82 Å². The number of aliphatic hydroxyl groups is 1. The molecule has 21 heavy (non-hydrogen) atoms. The van der Waals surface area contributed by atoms with Gasteiger partial charge < -0.3 is 10.0 Å². The van der Waals surface area contributed by atoms with E-state index in [1.54, 1.807) is 35.6 Å². The second-order valence-corrected chi connectivity index (χ2v) is 6.28. The molecule has 0 bridgehead atoms. The smallest absolute Gasteiger partial charge is 0.142 e. The normalized spacial score (nSPS) is 17.2. The summed E-state index contributed by atoms with van der Waals surface area (Å²) in [6.07, 6.45) is 3.19. The Morgan fingerprint density at radius 2 is 2.14 bits per heavy atom. The number of rotatable bonds is 2. The summed E-state index contributed by atoms with van der Waals surface area (Å²) in [7, 11) is 1.79. The number of hydrogen-bond acceptors (Lipinski definition) is 7. The Morgan fingerprint density at radius 3 is 2.86 bits per heavy atom. The highest BCUT2D eigenvalue weighted by Crippen LogP contribution is 2.38. The summed E-state index contributed by atoms with van der Waals surface area (Å²) in [6.45, 7) is 3.02. The number of aryl methyl sites for hydroxylation is 2. The summed E-state index contributed by atoms with van der Waals surface area (Å²) >= 11 is 1.62. The minimum Gasteiger partial charge on any atom is -0.380 e. The highest BCUT2D eigenvalue weighted by atomic mass is 32.1. The summed E-state index contributed by atoms with van der Waals surface area (Å²) in [4.78, 5) is 11.7. The molecule has 7 nitrogen and oxygen atoms in total. The van der Waals surface area contributed by atoms with Gasteiger partial charge in [-0.1, -0.05) is 5.21 Å². The fourth-order valence-electron chi connectivity index (χ4n) is 2.85. The fraction of sp³-hybridized carbons (Fsp3) is 0.385. The third-order valence-corrected chi connectivity index (χ3v) is 4.93. The van der Waals surface area contributed by atoms with Gasteiger partial charge in [-0.2, -0.15) is 0 Å². The minimum absolute atomic E-state index is 0.482. The van der Waals surface area contributed by atoms with Crippen LogP contribution < -0.4 is 4.90 Å². The van der Waals surface area contributed by atoms with Crippen LogP contribution in [-0.2, 0) is 12.6 Å². The molecule has 1 N–H and O–H groups in total. The van der Waals surface area contributed by atoms with Gasteiger partial charge >= 0.3 is 0 Å². The predicted molar refractivity (Wildman–Crippen MR) is 79.3 cm³/mol. The van der Waals surface area contributed by atoms with Gasteiger partial charge in [-0.25, -0.2) is 14.6 Å². The molecule has 0 radical (unpaired) electrons. The standard InChI is InChI=1S/C13H14N6OS/c1-8-4-21-12-10(8)11(14-7-15-12)19-5-13(20,6-19)9-3-16-17-18(9)2/h3-4,7,20H,5-6H2,1-2H3. The number of anilines is 1. The Hall–Kier alpha value is -2.06. The molecule has 4 rings (SSSR count). The van der Waals surface area contributed by atoms with Crippen molar-refractivity contribution >= 4 is 27.4 Å². The van der Waals surface area contributed by atoms with Gasteiger partial charge in [0.15, 0.2) is 0 Å². The van der Waals surface area contributed by atoms with Crippen molar-refractivity contribution in [2.24, 2.45) is 7.05 Å². The van der Waals surface area contributed by atoms with E-state index in [9.17, 15) is 5.11 Å². The first-order valence-electron chi connectivity index (χ1n) is 6.60. The van der Waals surface area contributed by atoms with Crippen molar-refractivity contribution in [2.75, 3.05) is 18.0 Å². The number of hydrogen-bond donors (Lipinski definition) is 1.